The van der Waals surface area contributed by atoms with E-state index in [4.69, 9.17) is 14.2 Å². The Hall–Kier alpha value is -4.00. The highest BCUT2D eigenvalue weighted by atomic mass is 16.5. The summed E-state index contributed by atoms with van der Waals surface area (Å²) in [5.41, 5.74) is 2.14. The van der Waals surface area contributed by atoms with E-state index in [1.54, 1.807) is 49.4 Å². The molecule has 1 heterocycles. The molecular formula is C24H22N2O5. The zero-order valence-electron chi connectivity index (χ0n) is 17.0. The Labute approximate surface area is 179 Å². The smallest absolute Gasteiger partial charge is 0.265 e. The quantitative estimate of drug-likeness (QED) is 0.606. The Kier molecular flexibility index (Phi) is 6.03. The van der Waals surface area contributed by atoms with Crippen molar-refractivity contribution in [2.75, 3.05) is 17.2 Å². The maximum absolute atomic E-state index is 12.2. The van der Waals surface area contributed by atoms with Gasteiger partial charge in [0.1, 0.15) is 23.9 Å². The minimum atomic E-state index is -0.545. The number of fused-ring (bicyclic) bond motifs is 1. The summed E-state index contributed by atoms with van der Waals surface area (Å²) < 4.78 is 16.8. The first-order valence-electron chi connectivity index (χ1n) is 9.88. The molecule has 0 aliphatic carbocycles. The molecule has 0 bridgehead atoms. The number of amides is 2. The zero-order valence-corrected chi connectivity index (χ0v) is 17.0. The summed E-state index contributed by atoms with van der Waals surface area (Å²) in [5.74, 6) is 1.29. The number of carbonyl (C=O) groups excluding carboxylic acids is 2. The minimum Gasteiger partial charge on any atom is -0.489 e. The first-order chi connectivity index (χ1) is 15.1. The second-order valence-corrected chi connectivity index (χ2v) is 7.04. The summed E-state index contributed by atoms with van der Waals surface area (Å²) in [7, 11) is 0. The molecule has 0 spiro atoms. The Morgan fingerprint density at radius 2 is 1.71 bits per heavy atom. The van der Waals surface area contributed by atoms with Gasteiger partial charge in [-0.25, -0.2) is 0 Å². The monoisotopic (exact) mass is 418 g/mol. The average molecular weight is 418 g/mol. The van der Waals surface area contributed by atoms with Crippen LogP contribution < -0.4 is 24.8 Å². The molecule has 4 rings (SSSR count). The number of anilines is 2. The number of rotatable bonds is 7. The Morgan fingerprint density at radius 1 is 1.00 bits per heavy atom. The van der Waals surface area contributed by atoms with E-state index in [2.05, 4.69) is 10.6 Å². The van der Waals surface area contributed by atoms with Gasteiger partial charge in [-0.05, 0) is 55.0 Å². The van der Waals surface area contributed by atoms with Crippen molar-refractivity contribution in [3.05, 3.63) is 78.4 Å². The highest BCUT2D eigenvalue weighted by Gasteiger charge is 2.23. The van der Waals surface area contributed by atoms with Gasteiger partial charge >= 0.3 is 0 Å². The van der Waals surface area contributed by atoms with Crippen LogP contribution in [0.25, 0.3) is 0 Å². The summed E-state index contributed by atoms with van der Waals surface area (Å²) >= 11 is 0. The van der Waals surface area contributed by atoms with Crippen molar-refractivity contribution in [1.82, 2.24) is 0 Å². The fraction of sp³-hybridized carbons (Fsp3) is 0.167. The fourth-order valence-electron chi connectivity index (χ4n) is 3.01. The first-order valence-corrected chi connectivity index (χ1v) is 9.88. The van der Waals surface area contributed by atoms with E-state index in [1.165, 1.54) is 0 Å². The number of hydrogen-bond acceptors (Lipinski definition) is 5. The van der Waals surface area contributed by atoms with Gasteiger partial charge in [-0.3, -0.25) is 9.59 Å². The van der Waals surface area contributed by atoms with Crippen LogP contribution in [-0.4, -0.2) is 24.5 Å². The molecule has 3 aromatic rings. The van der Waals surface area contributed by atoms with Gasteiger partial charge in [0.05, 0.1) is 5.69 Å². The molecule has 0 saturated heterocycles. The Morgan fingerprint density at radius 3 is 2.45 bits per heavy atom. The molecular weight excluding hydrogens is 396 g/mol. The van der Waals surface area contributed by atoms with Gasteiger partial charge in [-0.2, -0.15) is 0 Å². The molecule has 1 aliphatic rings. The Balaban J connectivity index is 1.26. The Bertz CT molecular complexity index is 1070. The van der Waals surface area contributed by atoms with Gasteiger partial charge in [0.2, 0.25) is 0 Å². The molecule has 7 heteroatoms. The molecule has 31 heavy (non-hydrogen) atoms. The second-order valence-electron chi connectivity index (χ2n) is 7.04. The lowest BCUT2D eigenvalue weighted by molar-refractivity contribution is -0.122. The van der Waals surface area contributed by atoms with Gasteiger partial charge in [-0.1, -0.05) is 30.3 Å². The van der Waals surface area contributed by atoms with Gasteiger partial charge in [0, 0.05) is 5.69 Å². The van der Waals surface area contributed by atoms with Crippen LogP contribution in [0.4, 0.5) is 11.4 Å². The third kappa shape index (κ3) is 5.33. The molecule has 0 fully saturated rings. The van der Waals surface area contributed by atoms with Crippen molar-refractivity contribution in [2.45, 2.75) is 19.6 Å². The maximum atomic E-state index is 12.2. The minimum absolute atomic E-state index is 0.152. The third-order valence-electron chi connectivity index (χ3n) is 4.64. The van der Waals surface area contributed by atoms with Crippen LogP contribution in [0, 0.1) is 0 Å². The topological polar surface area (TPSA) is 85.9 Å². The lowest BCUT2D eigenvalue weighted by Crippen LogP contribution is -2.34. The lowest BCUT2D eigenvalue weighted by atomic mass is 10.2. The highest BCUT2D eigenvalue weighted by Crippen LogP contribution is 2.32. The maximum Gasteiger partial charge on any atom is 0.265 e. The summed E-state index contributed by atoms with van der Waals surface area (Å²) in [6.45, 7) is 2.00. The number of hydrogen-bond donors (Lipinski definition) is 2. The molecule has 2 amide bonds. The van der Waals surface area contributed by atoms with E-state index in [0.717, 1.165) is 5.56 Å². The van der Waals surface area contributed by atoms with Crippen LogP contribution in [0.3, 0.4) is 0 Å². The lowest BCUT2D eigenvalue weighted by Gasteiger charge is -2.23. The molecule has 1 atom stereocenters. The molecule has 7 nitrogen and oxygen atoms in total. The predicted molar refractivity (Wildman–Crippen MR) is 117 cm³/mol. The molecule has 158 valence electrons. The number of carbonyl (C=O) groups is 2. The van der Waals surface area contributed by atoms with E-state index < -0.39 is 6.10 Å². The van der Waals surface area contributed by atoms with Crippen molar-refractivity contribution in [3.8, 4) is 17.2 Å². The van der Waals surface area contributed by atoms with Crippen molar-refractivity contribution in [3.63, 3.8) is 0 Å². The summed E-state index contributed by atoms with van der Waals surface area (Å²) in [5, 5.41) is 5.49. The molecule has 2 N–H and O–H groups in total. The van der Waals surface area contributed by atoms with Gasteiger partial charge in [0.15, 0.2) is 12.7 Å². The number of benzene rings is 3. The summed E-state index contributed by atoms with van der Waals surface area (Å²) in [4.78, 5) is 24.0. The van der Waals surface area contributed by atoms with E-state index in [0.29, 0.717) is 35.2 Å². The predicted octanol–water partition coefficient (Wildman–Crippen LogP) is 4.00. The zero-order chi connectivity index (χ0) is 21.6. The summed E-state index contributed by atoms with van der Waals surface area (Å²) in [6.07, 6.45) is -0.545. The van der Waals surface area contributed by atoms with Crippen LogP contribution in [0.1, 0.15) is 12.5 Å². The third-order valence-corrected chi connectivity index (χ3v) is 4.64. The van der Waals surface area contributed by atoms with E-state index in [1.807, 2.05) is 30.3 Å². The first kappa shape index (κ1) is 20.3. The fourth-order valence-corrected chi connectivity index (χ4v) is 3.01. The molecule has 0 unspecified atom stereocenters. The van der Waals surface area contributed by atoms with Crippen molar-refractivity contribution < 1.29 is 23.8 Å². The normalized spacial score (nSPS) is 14.6. The van der Waals surface area contributed by atoms with E-state index in [9.17, 15) is 9.59 Å². The van der Waals surface area contributed by atoms with E-state index in [-0.39, 0.29) is 18.4 Å². The molecule has 1 aliphatic heterocycles. The van der Waals surface area contributed by atoms with Crippen LogP contribution in [-0.2, 0) is 16.2 Å². The van der Waals surface area contributed by atoms with Gasteiger partial charge < -0.3 is 24.8 Å². The number of ether oxygens (including phenoxy) is 3. The number of nitrogens with one attached hydrogen (secondary N) is 2. The second kappa shape index (κ2) is 9.21. The van der Waals surface area contributed by atoms with Crippen LogP contribution in [0.15, 0.2) is 72.8 Å². The molecule has 3 aromatic carbocycles. The van der Waals surface area contributed by atoms with Gasteiger partial charge in [0.25, 0.3) is 11.8 Å². The average Bonchev–Trinajstić information content (AvgIpc) is 2.79. The van der Waals surface area contributed by atoms with Crippen molar-refractivity contribution >= 4 is 23.2 Å². The molecule has 0 radical (unpaired) electrons. The van der Waals surface area contributed by atoms with Crippen LogP contribution in [0.5, 0.6) is 17.2 Å². The van der Waals surface area contributed by atoms with Crippen molar-refractivity contribution in [1.29, 1.82) is 0 Å². The SMILES string of the molecule is C[C@@H]1Oc2ccc(NC(=O)COc3ccc(OCc4ccccc4)cc3)cc2NC1=O. The standard InChI is InChI=1S/C24H22N2O5/c1-16-24(28)26-21-13-18(7-12-22(21)31-16)25-23(27)15-30-20-10-8-19(9-11-20)29-14-17-5-3-2-4-6-17/h2-13,16H,14-15H2,1H3,(H,25,27)(H,26,28)/t16-/m0/s1. The molecule has 0 saturated carbocycles. The van der Waals surface area contributed by atoms with Crippen molar-refractivity contribution in [2.24, 2.45) is 0 Å². The van der Waals surface area contributed by atoms with Crippen LogP contribution >= 0.6 is 0 Å². The van der Waals surface area contributed by atoms with Gasteiger partial charge in [-0.15, -0.1) is 0 Å². The van der Waals surface area contributed by atoms with E-state index >= 15 is 0 Å². The largest absolute Gasteiger partial charge is 0.489 e. The highest BCUT2D eigenvalue weighted by molar-refractivity contribution is 5.99. The van der Waals surface area contributed by atoms with Crippen LogP contribution in [0.2, 0.25) is 0 Å². The molecule has 0 aromatic heterocycles. The summed E-state index contributed by atoms with van der Waals surface area (Å²) in [6, 6.07) is 22.0.